The Morgan fingerprint density at radius 3 is 2.48 bits per heavy atom. The Labute approximate surface area is 136 Å². The van der Waals surface area contributed by atoms with Crippen LogP contribution in [0.25, 0.3) is 0 Å². The predicted molar refractivity (Wildman–Crippen MR) is 87.4 cm³/mol. The number of rotatable bonds is 3. The quantitative estimate of drug-likeness (QED) is 0.383. The molecule has 7 heteroatoms. The van der Waals surface area contributed by atoms with Gasteiger partial charge in [0.25, 0.3) is 5.91 Å². The molecule has 0 aliphatic carbocycles. The molecule has 0 fully saturated rings. The van der Waals surface area contributed by atoms with E-state index < -0.39 is 5.91 Å². The lowest BCUT2D eigenvalue weighted by molar-refractivity contribution is 0.0956. The Morgan fingerprint density at radius 1 is 1.10 bits per heavy atom. The topological polar surface area (TPSA) is 67.5 Å². The zero-order valence-corrected chi connectivity index (χ0v) is 12.9. The van der Waals surface area contributed by atoms with Crippen molar-refractivity contribution in [3.63, 3.8) is 0 Å². The summed E-state index contributed by atoms with van der Waals surface area (Å²) >= 11 is 17.9. The smallest absolute Gasteiger partial charge is 0.273 e. The summed E-state index contributed by atoms with van der Waals surface area (Å²) in [6, 6.07) is 9.84. The lowest BCUT2D eigenvalue weighted by Crippen LogP contribution is -2.19. The first-order valence-electron chi connectivity index (χ1n) is 5.82. The van der Waals surface area contributed by atoms with Crippen LogP contribution in [0.5, 0.6) is 0 Å². The van der Waals surface area contributed by atoms with Crippen molar-refractivity contribution in [2.24, 2.45) is 5.10 Å². The summed E-state index contributed by atoms with van der Waals surface area (Å²) in [4.78, 5) is 11.9. The molecule has 0 aliphatic rings. The van der Waals surface area contributed by atoms with Crippen LogP contribution in [0.4, 0.5) is 5.69 Å². The van der Waals surface area contributed by atoms with Gasteiger partial charge in [-0.3, -0.25) is 4.79 Å². The summed E-state index contributed by atoms with van der Waals surface area (Å²) in [5, 5.41) is 4.80. The van der Waals surface area contributed by atoms with Crippen molar-refractivity contribution >= 4 is 52.6 Å². The van der Waals surface area contributed by atoms with Crippen LogP contribution in [0.2, 0.25) is 15.1 Å². The van der Waals surface area contributed by atoms with Gasteiger partial charge in [-0.05, 0) is 24.3 Å². The molecule has 0 aliphatic heterocycles. The molecule has 0 spiro atoms. The van der Waals surface area contributed by atoms with Crippen LogP contribution in [-0.4, -0.2) is 12.1 Å². The van der Waals surface area contributed by atoms with Gasteiger partial charge < -0.3 is 5.73 Å². The van der Waals surface area contributed by atoms with Crippen molar-refractivity contribution in [1.29, 1.82) is 0 Å². The number of hydrazone groups is 1. The van der Waals surface area contributed by atoms with Crippen LogP contribution in [0.15, 0.2) is 41.5 Å². The zero-order chi connectivity index (χ0) is 15.4. The third-order valence-electron chi connectivity index (χ3n) is 2.64. The minimum absolute atomic E-state index is 0.265. The number of amides is 1. The van der Waals surface area contributed by atoms with Gasteiger partial charge in [-0.25, -0.2) is 5.43 Å². The third kappa shape index (κ3) is 3.67. The maximum atomic E-state index is 11.9. The van der Waals surface area contributed by atoms with Crippen LogP contribution in [-0.2, 0) is 0 Å². The number of hydrogen-bond donors (Lipinski definition) is 2. The molecular formula is C14H10Cl3N3O. The van der Waals surface area contributed by atoms with E-state index >= 15 is 0 Å². The number of nitrogens with two attached hydrogens (primary N) is 1. The van der Waals surface area contributed by atoms with E-state index in [0.717, 1.165) is 0 Å². The number of nitrogens with one attached hydrogen (secondary N) is 1. The lowest BCUT2D eigenvalue weighted by Gasteiger charge is -2.04. The zero-order valence-electron chi connectivity index (χ0n) is 10.6. The highest BCUT2D eigenvalue weighted by Gasteiger charge is 2.09. The molecule has 0 unspecified atom stereocenters. The van der Waals surface area contributed by atoms with E-state index in [1.165, 1.54) is 6.21 Å². The average Bonchev–Trinajstić information content (AvgIpc) is 2.47. The second-order valence-electron chi connectivity index (χ2n) is 4.04. The van der Waals surface area contributed by atoms with Gasteiger partial charge in [0.05, 0.1) is 26.8 Å². The molecule has 1 amide bonds. The van der Waals surface area contributed by atoms with Gasteiger partial charge in [0, 0.05) is 11.3 Å². The molecule has 0 heterocycles. The highest BCUT2D eigenvalue weighted by molar-refractivity contribution is 6.45. The Bertz CT molecular complexity index is 717. The van der Waals surface area contributed by atoms with E-state index in [9.17, 15) is 4.79 Å². The number of carbonyl (C=O) groups is 1. The Morgan fingerprint density at radius 2 is 1.76 bits per heavy atom. The maximum Gasteiger partial charge on any atom is 0.273 e. The Balaban J connectivity index is 2.15. The second-order valence-corrected chi connectivity index (χ2v) is 5.24. The van der Waals surface area contributed by atoms with Crippen molar-refractivity contribution in [1.82, 2.24) is 5.43 Å². The van der Waals surface area contributed by atoms with Crippen LogP contribution < -0.4 is 11.2 Å². The van der Waals surface area contributed by atoms with Crippen LogP contribution in [0, 0.1) is 0 Å². The minimum Gasteiger partial charge on any atom is -0.398 e. The van der Waals surface area contributed by atoms with Gasteiger partial charge in [0.15, 0.2) is 0 Å². The number of hydrogen-bond acceptors (Lipinski definition) is 3. The number of nitrogens with zero attached hydrogens (tertiary/aromatic N) is 1. The SMILES string of the molecule is Nc1ccccc1C(=O)N/N=C\c1c(Cl)ccc(Cl)c1Cl. The minimum atomic E-state index is -0.432. The first kappa shape index (κ1) is 15.6. The van der Waals surface area contributed by atoms with Gasteiger partial charge >= 0.3 is 0 Å². The van der Waals surface area contributed by atoms with E-state index in [0.29, 0.717) is 26.9 Å². The first-order valence-corrected chi connectivity index (χ1v) is 6.95. The van der Waals surface area contributed by atoms with E-state index in [1.807, 2.05) is 0 Å². The highest BCUT2D eigenvalue weighted by atomic mass is 35.5. The van der Waals surface area contributed by atoms with E-state index in [1.54, 1.807) is 36.4 Å². The number of halogens is 3. The molecule has 4 nitrogen and oxygen atoms in total. The fourth-order valence-electron chi connectivity index (χ4n) is 1.58. The largest absolute Gasteiger partial charge is 0.398 e. The lowest BCUT2D eigenvalue weighted by atomic mass is 10.2. The van der Waals surface area contributed by atoms with Crippen LogP contribution >= 0.6 is 34.8 Å². The molecular weight excluding hydrogens is 333 g/mol. The molecule has 0 aromatic heterocycles. The van der Waals surface area contributed by atoms with Crippen LogP contribution in [0.1, 0.15) is 15.9 Å². The number of carbonyl (C=O) groups excluding carboxylic acids is 1. The van der Waals surface area contributed by atoms with E-state index in [2.05, 4.69) is 10.5 Å². The number of anilines is 1. The van der Waals surface area contributed by atoms with Gasteiger partial charge in [0.2, 0.25) is 0 Å². The molecule has 2 aromatic rings. The summed E-state index contributed by atoms with van der Waals surface area (Å²) in [6.45, 7) is 0. The van der Waals surface area contributed by atoms with Crippen molar-refractivity contribution in [2.45, 2.75) is 0 Å². The first-order chi connectivity index (χ1) is 10.0. The van der Waals surface area contributed by atoms with Crippen molar-refractivity contribution in [2.75, 3.05) is 5.73 Å². The summed E-state index contributed by atoms with van der Waals surface area (Å²) in [5.74, 6) is -0.432. The normalized spacial score (nSPS) is 10.8. The van der Waals surface area contributed by atoms with Crippen LogP contribution in [0.3, 0.4) is 0 Å². The molecule has 0 saturated heterocycles. The van der Waals surface area contributed by atoms with Gasteiger partial charge in [-0.1, -0.05) is 46.9 Å². The van der Waals surface area contributed by atoms with E-state index in [4.69, 9.17) is 40.5 Å². The molecule has 2 aromatic carbocycles. The van der Waals surface area contributed by atoms with E-state index in [-0.39, 0.29) is 5.02 Å². The Hall–Kier alpha value is -1.75. The van der Waals surface area contributed by atoms with Gasteiger partial charge in [-0.2, -0.15) is 5.10 Å². The fourth-order valence-corrected chi connectivity index (χ4v) is 2.21. The molecule has 21 heavy (non-hydrogen) atoms. The average molecular weight is 343 g/mol. The maximum absolute atomic E-state index is 11.9. The summed E-state index contributed by atoms with van der Waals surface area (Å²) < 4.78 is 0. The Kier molecular flexibility index (Phi) is 5.07. The predicted octanol–water partition coefficient (Wildman–Crippen LogP) is 3.99. The summed E-state index contributed by atoms with van der Waals surface area (Å²) in [5.41, 5.74) is 9.17. The van der Waals surface area contributed by atoms with Gasteiger partial charge in [-0.15, -0.1) is 0 Å². The second kappa shape index (κ2) is 6.80. The summed E-state index contributed by atoms with van der Waals surface area (Å²) in [7, 11) is 0. The standard InChI is InChI=1S/C14H10Cl3N3O/c15-10-5-6-11(16)13(17)9(10)7-19-20-14(21)8-3-1-2-4-12(8)18/h1-7H,18H2,(H,20,21)/b19-7-. The van der Waals surface area contributed by atoms with Crippen molar-refractivity contribution < 1.29 is 4.79 Å². The fraction of sp³-hybridized carbons (Fsp3) is 0. The molecule has 2 rings (SSSR count). The summed E-state index contributed by atoms with van der Waals surface area (Å²) in [6.07, 6.45) is 1.33. The highest BCUT2D eigenvalue weighted by Crippen LogP contribution is 2.29. The number of nitrogen functional groups attached to an aromatic ring is 1. The number of benzene rings is 2. The monoisotopic (exact) mass is 341 g/mol. The molecule has 0 atom stereocenters. The van der Waals surface area contributed by atoms with Crippen molar-refractivity contribution in [3.8, 4) is 0 Å². The van der Waals surface area contributed by atoms with Gasteiger partial charge in [0.1, 0.15) is 0 Å². The molecule has 3 N–H and O–H groups in total. The van der Waals surface area contributed by atoms with Crippen molar-refractivity contribution in [3.05, 3.63) is 62.6 Å². The molecule has 108 valence electrons. The molecule has 0 radical (unpaired) electrons. The number of para-hydroxylation sites is 1. The molecule has 0 saturated carbocycles. The third-order valence-corrected chi connectivity index (χ3v) is 3.79. The molecule has 0 bridgehead atoms.